The quantitative estimate of drug-likeness (QED) is 0.729. The zero-order valence-electron chi connectivity index (χ0n) is 14.9. The molecule has 4 rings (SSSR count). The number of nitrogens with zero attached hydrogens (tertiary/aromatic N) is 2. The number of halogens is 1. The Morgan fingerprint density at radius 2 is 1.78 bits per heavy atom. The van der Waals surface area contributed by atoms with Crippen molar-refractivity contribution in [2.24, 2.45) is 0 Å². The second-order valence-corrected chi connectivity index (χ2v) is 7.93. The minimum Gasteiger partial charge on any atom is -0.486 e. The Labute approximate surface area is 168 Å². The summed E-state index contributed by atoms with van der Waals surface area (Å²) >= 11 is 7.61. The second-order valence-electron chi connectivity index (χ2n) is 6.44. The van der Waals surface area contributed by atoms with Gasteiger partial charge in [0.15, 0.2) is 11.5 Å². The van der Waals surface area contributed by atoms with Crippen molar-refractivity contribution in [2.45, 2.75) is 4.90 Å². The van der Waals surface area contributed by atoms with Crippen LogP contribution in [0.1, 0.15) is 0 Å². The summed E-state index contributed by atoms with van der Waals surface area (Å²) in [6.45, 7) is 4.25. The topological polar surface area (TPSA) is 42.0 Å². The van der Waals surface area contributed by atoms with Crippen molar-refractivity contribution in [1.82, 2.24) is 4.90 Å². The van der Waals surface area contributed by atoms with E-state index in [0.717, 1.165) is 53.3 Å². The highest BCUT2D eigenvalue weighted by atomic mass is 35.5. The standard InChI is InChI=1S/C20H21ClN2O3S/c21-15-2-1-3-16(12-15)22-6-8-23(9-7-22)20(24)14-27-17-4-5-18-19(13-17)26-11-10-25-18/h1-5,12-13H,6-11,14H2. The summed E-state index contributed by atoms with van der Waals surface area (Å²) < 4.78 is 11.1. The summed E-state index contributed by atoms with van der Waals surface area (Å²) in [4.78, 5) is 17.8. The molecule has 0 aromatic heterocycles. The lowest BCUT2D eigenvalue weighted by Gasteiger charge is -2.36. The predicted molar refractivity (Wildman–Crippen MR) is 108 cm³/mol. The number of benzene rings is 2. The van der Waals surface area contributed by atoms with Crippen LogP contribution in [0.25, 0.3) is 0 Å². The van der Waals surface area contributed by atoms with E-state index in [2.05, 4.69) is 11.0 Å². The average Bonchev–Trinajstić information content (AvgIpc) is 2.72. The van der Waals surface area contributed by atoms with E-state index in [4.69, 9.17) is 21.1 Å². The molecule has 0 radical (unpaired) electrons. The zero-order chi connectivity index (χ0) is 18.6. The molecule has 7 heteroatoms. The fourth-order valence-electron chi connectivity index (χ4n) is 3.24. The Morgan fingerprint density at radius 3 is 2.56 bits per heavy atom. The first-order chi connectivity index (χ1) is 13.2. The van der Waals surface area contributed by atoms with Gasteiger partial charge < -0.3 is 19.3 Å². The van der Waals surface area contributed by atoms with E-state index in [1.807, 2.05) is 41.3 Å². The monoisotopic (exact) mass is 404 g/mol. The van der Waals surface area contributed by atoms with E-state index in [-0.39, 0.29) is 5.91 Å². The molecule has 0 unspecified atom stereocenters. The van der Waals surface area contributed by atoms with E-state index in [1.165, 1.54) is 11.8 Å². The van der Waals surface area contributed by atoms with Gasteiger partial charge in [0.05, 0.1) is 5.75 Å². The third-order valence-electron chi connectivity index (χ3n) is 4.68. The van der Waals surface area contributed by atoms with Gasteiger partial charge in [0, 0.05) is 41.8 Å². The van der Waals surface area contributed by atoms with E-state index >= 15 is 0 Å². The normalized spacial score (nSPS) is 16.3. The van der Waals surface area contributed by atoms with Crippen LogP contribution in [0.4, 0.5) is 5.69 Å². The lowest BCUT2D eigenvalue weighted by Crippen LogP contribution is -2.49. The van der Waals surface area contributed by atoms with Crippen LogP contribution in [-0.2, 0) is 4.79 Å². The Bertz CT molecular complexity index is 825. The van der Waals surface area contributed by atoms with Crippen LogP contribution in [0, 0.1) is 0 Å². The second kappa shape index (κ2) is 8.31. The zero-order valence-corrected chi connectivity index (χ0v) is 16.5. The van der Waals surface area contributed by atoms with Crippen molar-refractivity contribution in [3.8, 4) is 11.5 Å². The molecule has 1 fully saturated rings. The van der Waals surface area contributed by atoms with Crippen LogP contribution in [-0.4, -0.2) is 56.0 Å². The summed E-state index contributed by atoms with van der Waals surface area (Å²) in [5.74, 6) is 2.13. The lowest BCUT2D eigenvalue weighted by atomic mass is 10.2. The van der Waals surface area contributed by atoms with Crippen molar-refractivity contribution in [3.05, 3.63) is 47.5 Å². The number of fused-ring (bicyclic) bond motifs is 1. The first-order valence-corrected chi connectivity index (χ1v) is 10.4. The van der Waals surface area contributed by atoms with Crippen molar-refractivity contribution >= 4 is 35.0 Å². The van der Waals surface area contributed by atoms with Gasteiger partial charge in [0.25, 0.3) is 0 Å². The van der Waals surface area contributed by atoms with Gasteiger partial charge in [-0.3, -0.25) is 4.79 Å². The largest absolute Gasteiger partial charge is 0.486 e. The van der Waals surface area contributed by atoms with E-state index < -0.39 is 0 Å². The van der Waals surface area contributed by atoms with Crippen LogP contribution in [0.2, 0.25) is 5.02 Å². The van der Waals surface area contributed by atoms with Gasteiger partial charge in [-0.15, -0.1) is 11.8 Å². The fraction of sp³-hybridized carbons (Fsp3) is 0.350. The Balaban J connectivity index is 1.28. The first-order valence-electron chi connectivity index (χ1n) is 9.00. The maximum atomic E-state index is 12.6. The first kappa shape index (κ1) is 18.3. The Morgan fingerprint density at radius 1 is 1.00 bits per heavy atom. The Hall–Kier alpha value is -2.05. The molecule has 0 aliphatic carbocycles. The molecule has 1 amide bonds. The Kier molecular flexibility index (Phi) is 5.64. The number of anilines is 1. The molecule has 1 saturated heterocycles. The van der Waals surface area contributed by atoms with Gasteiger partial charge in [0.2, 0.25) is 5.91 Å². The van der Waals surface area contributed by atoms with Gasteiger partial charge in [-0.25, -0.2) is 0 Å². The van der Waals surface area contributed by atoms with Gasteiger partial charge in [0.1, 0.15) is 13.2 Å². The van der Waals surface area contributed by atoms with E-state index in [9.17, 15) is 4.79 Å². The molecule has 2 aliphatic heterocycles. The molecule has 0 N–H and O–H groups in total. The minimum absolute atomic E-state index is 0.167. The highest BCUT2D eigenvalue weighted by Gasteiger charge is 2.21. The molecule has 0 spiro atoms. The van der Waals surface area contributed by atoms with Gasteiger partial charge in [-0.2, -0.15) is 0 Å². The number of carbonyl (C=O) groups is 1. The molecule has 27 heavy (non-hydrogen) atoms. The number of rotatable bonds is 4. The van der Waals surface area contributed by atoms with E-state index in [0.29, 0.717) is 19.0 Å². The molecule has 2 aromatic carbocycles. The van der Waals surface area contributed by atoms with Crippen LogP contribution < -0.4 is 14.4 Å². The van der Waals surface area contributed by atoms with Crippen LogP contribution >= 0.6 is 23.4 Å². The number of amides is 1. The van der Waals surface area contributed by atoms with Crippen LogP contribution in [0.3, 0.4) is 0 Å². The number of ether oxygens (including phenoxy) is 2. The van der Waals surface area contributed by atoms with Crippen molar-refractivity contribution < 1.29 is 14.3 Å². The van der Waals surface area contributed by atoms with Gasteiger partial charge >= 0.3 is 0 Å². The summed E-state index contributed by atoms with van der Waals surface area (Å²) in [7, 11) is 0. The summed E-state index contributed by atoms with van der Waals surface area (Å²) in [6.07, 6.45) is 0. The molecule has 2 aromatic rings. The lowest BCUT2D eigenvalue weighted by molar-refractivity contribution is -0.128. The summed E-state index contributed by atoms with van der Waals surface area (Å²) in [5.41, 5.74) is 1.11. The summed E-state index contributed by atoms with van der Waals surface area (Å²) in [6, 6.07) is 13.7. The molecular formula is C20H21ClN2O3S. The molecule has 5 nitrogen and oxygen atoms in total. The average molecular weight is 405 g/mol. The van der Waals surface area contributed by atoms with Crippen molar-refractivity contribution in [2.75, 3.05) is 50.0 Å². The third-order valence-corrected chi connectivity index (χ3v) is 5.90. The summed E-state index contributed by atoms with van der Waals surface area (Å²) in [5, 5.41) is 0.738. The molecule has 142 valence electrons. The molecule has 2 aliphatic rings. The third kappa shape index (κ3) is 4.45. The molecule has 0 bridgehead atoms. The predicted octanol–water partition coefficient (Wildman–Crippen LogP) is 3.55. The minimum atomic E-state index is 0.167. The highest BCUT2D eigenvalue weighted by molar-refractivity contribution is 8.00. The SMILES string of the molecule is O=C(CSc1ccc2c(c1)OCCO2)N1CCN(c2cccc(Cl)c2)CC1. The number of hydrogen-bond acceptors (Lipinski definition) is 5. The van der Waals surface area contributed by atoms with Crippen LogP contribution in [0.5, 0.6) is 11.5 Å². The molecule has 0 saturated carbocycles. The number of thioether (sulfide) groups is 1. The van der Waals surface area contributed by atoms with Crippen LogP contribution in [0.15, 0.2) is 47.4 Å². The maximum absolute atomic E-state index is 12.6. The van der Waals surface area contributed by atoms with Crippen molar-refractivity contribution in [3.63, 3.8) is 0 Å². The smallest absolute Gasteiger partial charge is 0.233 e. The fourth-order valence-corrected chi connectivity index (χ4v) is 4.25. The molecule has 2 heterocycles. The number of piperazine rings is 1. The number of carbonyl (C=O) groups excluding carboxylic acids is 1. The molecular weight excluding hydrogens is 384 g/mol. The highest BCUT2D eigenvalue weighted by Crippen LogP contribution is 2.34. The van der Waals surface area contributed by atoms with Gasteiger partial charge in [-0.05, 0) is 36.4 Å². The van der Waals surface area contributed by atoms with Crippen molar-refractivity contribution in [1.29, 1.82) is 0 Å². The molecule has 0 atom stereocenters. The number of hydrogen-bond donors (Lipinski definition) is 0. The van der Waals surface area contributed by atoms with Gasteiger partial charge in [-0.1, -0.05) is 17.7 Å². The van der Waals surface area contributed by atoms with E-state index in [1.54, 1.807) is 0 Å². The maximum Gasteiger partial charge on any atom is 0.233 e.